The average Bonchev–Trinajstić information content (AvgIpc) is 2.03. The van der Waals surface area contributed by atoms with Crippen LogP contribution in [-0.4, -0.2) is 41.7 Å². The Morgan fingerprint density at radius 3 is 2.08 bits per heavy atom. The molecule has 80 valence electrons. The van der Waals surface area contributed by atoms with Crippen LogP contribution in [0.1, 0.15) is 27.2 Å². The number of alkyl halides is 2. The van der Waals surface area contributed by atoms with Crippen molar-refractivity contribution in [3.63, 3.8) is 0 Å². The van der Waals surface area contributed by atoms with E-state index in [4.69, 9.17) is 0 Å². The SMILES string of the molecule is CCC(O)(CN(C)C(C)C)C(F)F. The van der Waals surface area contributed by atoms with Crippen LogP contribution in [0.25, 0.3) is 0 Å². The molecule has 0 aliphatic heterocycles. The molecule has 1 unspecified atom stereocenters. The molecular formula is C9H19F2NO. The number of hydrogen-bond acceptors (Lipinski definition) is 2. The standard InChI is InChI=1S/C9H19F2NO/c1-5-9(13,8(10)11)6-12(4)7(2)3/h7-8,13H,5-6H2,1-4H3. The van der Waals surface area contributed by atoms with Crippen LogP contribution in [0.15, 0.2) is 0 Å². The largest absolute Gasteiger partial charge is 0.383 e. The van der Waals surface area contributed by atoms with E-state index in [0.717, 1.165) is 0 Å². The van der Waals surface area contributed by atoms with Gasteiger partial charge in [0.15, 0.2) is 0 Å². The van der Waals surface area contributed by atoms with Crippen LogP contribution < -0.4 is 0 Å². The van der Waals surface area contributed by atoms with Crippen molar-refractivity contribution < 1.29 is 13.9 Å². The molecule has 0 saturated heterocycles. The maximum absolute atomic E-state index is 12.4. The van der Waals surface area contributed by atoms with E-state index in [1.807, 2.05) is 13.8 Å². The van der Waals surface area contributed by atoms with Crippen LogP contribution in [0.2, 0.25) is 0 Å². The zero-order chi connectivity index (χ0) is 10.6. The third-order valence-electron chi connectivity index (χ3n) is 2.42. The minimum Gasteiger partial charge on any atom is -0.383 e. The van der Waals surface area contributed by atoms with Gasteiger partial charge < -0.3 is 10.0 Å². The third-order valence-corrected chi connectivity index (χ3v) is 2.42. The second-order valence-corrected chi connectivity index (χ2v) is 3.77. The molecule has 1 N–H and O–H groups in total. The van der Waals surface area contributed by atoms with Crippen LogP contribution in [0.3, 0.4) is 0 Å². The lowest BCUT2D eigenvalue weighted by molar-refractivity contribution is -0.113. The number of halogens is 2. The molecule has 0 spiro atoms. The Morgan fingerprint density at radius 2 is 1.85 bits per heavy atom. The van der Waals surface area contributed by atoms with Gasteiger partial charge in [-0.05, 0) is 27.3 Å². The monoisotopic (exact) mass is 195 g/mol. The Bertz CT molecular complexity index is 153. The third kappa shape index (κ3) is 3.56. The first-order chi connectivity index (χ1) is 5.83. The summed E-state index contributed by atoms with van der Waals surface area (Å²) in [5.74, 6) is 0. The van der Waals surface area contributed by atoms with Gasteiger partial charge in [0.1, 0.15) is 5.60 Å². The highest BCUT2D eigenvalue weighted by Gasteiger charge is 2.37. The molecule has 0 aromatic heterocycles. The highest BCUT2D eigenvalue weighted by molar-refractivity contribution is 4.83. The van der Waals surface area contributed by atoms with E-state index < -0.39 is 12.0 Å². The average molecular weight is 195 g/mol. The zero-order valence-corrected chi connectivity index (χ0v) is 8.72. The van der Waals surface area contributed by atoms with Gasteiger partial charge >= 0.3 is 0 Å². The molecule has 0 bridgehead atoms. The molecule has 4 heteroatoms. The zero-order valence-electron chi connectivity index (χ0n) is 8.72. The maximum Gasteiger partial charge on any atom is 0.268 e. The summed E-state index contributed by atoms with van der Waals surface area (Å²) in [5.41, 5.74) is -1.86. The molecule has 0 radical (unpaired) electrons. The van der Waals surface area contributed by atoms with E-state index in [0.29, 0.717) is 0 Å². The normalized spacial score (nSPS) is 17.1. The van der Waals surface area contributed by atoms with Crippen molar-refractivity contribution in [2.24, 2.45) is 0 Å². The van der Waals surface area contributed by atoms with E-state index in [1.165, 1.54) is 0 Å². The van der Waals surface area contributed by atoms with Gasteiger partial charge in [-0.15, -0.1) is 0 Å². The summed E-state index contributed by atoms with van der Waals surface area (Å²) < 4.78 is 24.9. The fraction of sp³-hybridized carbons (Fsp3) is 1.00. The van der Waals surface area contributed by atoms with Gasteiger partial charge in [0.25, 0.3) is 6.43 Å². The molecule has 0 aliphatic rings. The lowest BCUT2D eigenvalue weighted by atomic mass is 10.0. The first kappa shape index (κ1) is 12.8. The van der Waals surface area contributed by atoms with Crippen molar-refractivity contribution >= 4 is 0 Å². The Labute approximate surface area is 78.5 Å². The molecule has 0 aliphatic carbocycles. The topological polar surface area (TPSA) is 23.5 Å². The van der Waals surface area contributed by atoms with E-state index in [9.17, 15) is 13.9 Å². The second-order valence-electron chi connectivity index (χ2n) is 3.77. The summed E-state index contributed by atoms with van der Waals surface area (Å²) >= 11 is 0. The molecule has 13 heavy (non-hydrogen) atoms. The fourth-order valence-corrected chi connectivity index (χ4v) is 0.950. The maximum atomic E-state index is 12.4. The van der Waals surface area contributed by atoms with E-state index in [2.05, 4.69) is 0 Å². The Kier molecular flexibility index (Phi) is 4.78. The van der Waals surface area contributed by atoms with Crippen molar-refractivity contribution in [3.8, 4) is 0 Å². The lowest BCUT2D eigenvalue weighted by Crippen LogP contribution is -2.48. The van der Waals surface area contributed by atoms with Crippen molar-refractivity contribution in [2.75, 3.05) is 13.6 Å². The van der Waals surface area contributed by atoms with E-state index in [-0.39, 0.29) is 19.0 Å². The number of aliphatic hydroxyl groups is 1. The molecule has 2 nitrogen and oxygen atoms in total. The molecule has 0 saturated carbocycles. The quantitative estimate of drug-likeness (QED) is 0.722. The highest BCUT2D eigenvalue weighted by atomic mass is 19.3. The lowest BCUT2D eigenvalue weighted by Gasteiger charge is -2.32. The number of likely N-dealkylation sites (N-methyl/N-ethyl adjacent to an activating group) is 1. The Morgan fingerprint density at radius 1 is 1.38 bits per heavy atom. The van der Waals surface area contributed by atoms with Crippen molar-refractivity contribution in [3.05, 3.63) is 0 Å². The summed E-state index contributed by atoms with van der Waals surface area (Å²) in [6, 6.07) is 0.164. The fourth-order valence-electron chi connectivity index (χ4n) is 0.950. The summed E-state index contributed by atoms with van der Waals surface area (Å²) in [4.78, 5) is 1.72. The van der Waals surface area contributed by atoms with E-state index in [1.54, 1.807) is 18.9 Å². The van der Waals surface area contributed by atoms with Crippen molar-refractivity contribution in [1.82, 2.24) is 4.90 Å². The minimum absolute atomic E-state index is 0.0127. The van der Waals surface area contributed by atoms with E-state index >= 15 is 0 Å². The minimum atomic E-state index is -2.68. The second kappa shape index (κ2) is 4.86. The summed E-state index contributed by atoms with van der Waals surface area (Å²) in [6.07, 6.45) is -2.61. The molecule has 0 rings (SSSR count). The predicted molar refractivity (Wildman–Crippen MR) is 49.0 cm³/mol. The van der Waals surface area contributed by atoms with Crippen LogP contribution in [-0.2, 0) is 0 Å². The molecule has 0 heterocycles. The van der Waals surface area contributed by atoms with Crippen LogP contribution in [0, 0.1) is 0 Å². The smallest absolute Gasteiger partial charge is 0.268 e. The number of rotatable bonds is 5. The van der Waals surface area contributed by atoms with Crippen molar-refractivity contribution in [1.29, 1.82) is 0 Å². The predicted octanol–water partition coefficient (Wildman–Crippen LogP) is 1.73. The molecular weight excluding hydrogens is 176 g/mol. The van der Waals surface area contributed by atoms with Gasteiger partial charge in [-0.25, -0.2) is 8.78 Å². The van der Waals surface area contributed by atoms with Crippen LogP contribution in [0.4, 0.5) is 8.78 Å². The van der Waals surface area contributed by atoms with Gasteiger partial charge in [0.2, 0.25) is 0 Å². The van der Waals surface area contributed by atoms with Crippen molar-refractivity contribution in [2.45, 2.75) is 45.3 Å². The Balaban J connectivity index is 4.27. The molecule has 0 amide bonds. The van der Waals surface area contributed by atoms with Crippen LogP contribution >= 0.6 is 0 Å². The van der Waals surface area contributed by atoms with Gasteiger partial charge in [0, 0.05) is 12.6 Å². The molecule has 0 fully saturated rings. The summed E-state index contributed by atoms with van der Waals surface area (Å²) in [5, 5.41) is 9.52. The Hall–Kier alpha value is -0.220. The van der Waals surface area contributed by atoms with Gasteiger partial charge in [-0.1, -0.05) is 6.92 Å². The first-order valence-electron chi connectivity index (χ1n) is 4.54. The first-order valence-corrected chi connectivity index (χ1v) is 4.54. The molecule has 0 aromatic carbocycles. The molecule has 0 aromatic rings. The number of hydrogen-bond donors (Lipinski definition) is 1. The molecule has 1 atom stereocenters. The number of nitrogens with zero attached hydrogens (tertiary/aromatic N) is 1. The van der Waals surface area contributed by atoms with Gasteiger partial charge in [-0.2, -0.15) is 0 Å². The highest BCUT2D eigenvalue weighted by Crippen LogP contribution is 2.21. The summed E-state index contributed by atoms with van der Waals surface area (Å²) in [6.45, 7) is 5.39. The van der Waals surface area contributed by atoms with Gasteiger partial charge in [0.05, 0.1) is 0 Å². The van der Waals surface area contributed by atoms with Gasteiger partial charge in [-0.3, -0.25) is 0 Å². The summed E-state index contributed by atoms with van der Waals surface area (Å²) in [7, 11) is 1.73. The van der Waals surface area contributed by atoms with Crippen LogP contribution in [0.5, 0.6) is 0 Å².